The summed E-state index contributed by atoms with van der Waals surface area (Å²) in [6, 6.07) is 40.8. The van der Waals surface area contributed by atoms with Gasteiger partial charge >= 0.3 is 0 Å². The molecule has 0 unspecified atom stereocenters. The number of aromatic nitrogens is 6. The third kappa shape index (κ3) is 3.49. The topological polar surface area (TPSA) is 84.7 Å². The molecular formula is C37H21N7. The van der Waals surface area contributed by atoms with E-state index in [0.717, 1.165) is 49.5 Å². The van der Waals surface area contributed by atoms with Crippen molar-refractivity contribution in [2.75, 3.05) is 0 Å². The van der Waals surface area contributed by atoms with E-state index in [1.807, 2.05) is 60.9 Å². The van der Waals surface area contributed by atoms with Crippen LogP contribution in [-0.2, 0) is 0 Å². The molecule has 0 saturated heterocycles. The third-order valence-electron chi connectivity index (χ3n) is 8.28. The molecule has 7 heteroatoms. The van der Waals surface area contributed by atoms with Crippen LogP contribution in [0.3, 0.4) is 0 Å². The van der Waals surface area contributed by atoms with Gasteiger partial charge in [0.25, 0.3) is 0 Å². The summed E-state index contributed by atoms with van der Waals surface area (Å²) >= 11 is 0. The first-order valence-electron chi connectivity index (χ1n) is 14.3. The van der Waals surface area contributed by atoms with Gasteiger partial charge in [0.05, 0.1) is 45.4 Å². The Morgan fingerprint density at radius 1 is 0.568 bits per heavy atom. The summed E-state index contributed by atoms with van der Waals surface area (Å²) in [6.07, 6.45) is 3.73. The van der Waals surface area contributed by atoms with Crippen molar-refractivity contribution in [2.45, 2.75) is 0 Å². The van der Waals surface area contributed by atoms with Crippen LogP contribution in [0.15, 0.2) is 128 Å². The van der Waals surface area contributed by atoms with Gasteiger partial charge in [0.15, 0.2) is 11.6 Å². The monoisotopic (exact) mass is 563 g/mol. The molecule has 4 aromatic heterocycles. The van der Waals surface area contributed by atoms with Crippen LogP contribution in [-0.4, -0.2) is 28.9 Å². The van der Waals surface area contributed by atoms with E-state index in [4.69, 9.17) is 15.0 Å². The maximum Gasteiger partial charge on any atom is 0.238 e. The number of rotatable bonds is 3. The highest BCUT2D eigenvalue weighted by molar-refractivity contribution is 6.23. The molecule has 0 aliphatic rings. The molecule has 0 aliphatic heterocycles. The Hall–Kier alpha value is -6.39. The summed E-state index contributed by atoms with van der Waals surface area (Å²) in [4.78, 5) is 19.7. The number of hydrogen-bond acceptors (Lipinski definition) is 5. The van der Waals surface area contributed by atoms with Crippen molar-refractivity contribution in [3.8, 4) is 34.8 Å². The molecule has 44 heavy (non-hydrogen) atoms. The molecule has 5 aromatic carbocycles. The highest BCUT2D eigenvalue weighted by atomic mass is 15.2. The Kier molecular flexibility index (Phi) is 5.13. The van der Waals surface area contributed by atoms with Gasteiger partial charge in [0.1, 0.15) is 0 Å². The number of fused-ring (bicyclic) bond motifs is 5. The maximum absolute atomic E-state index is 9.38. The Morgan fingerprint density at radius 3 is 2.14 bits per heavy atom. The summed E-state index contributed by atoms with van der Waals surface area (Å²) in [5, 5.41) is 14.0. The van der Waals surface area contributed by atoms with Crippen molar-refractivity contribution in [3.05, 3.63) is 133 Å². The molecule has 0 bridgehead atoms. The van der Waals surface area contributed by atoms with Crippen LogP contribution in [0.1, 0.15) is 5.56 Å². The second-order valence-electron chi connectivity index (χ2n) is 10.7. The van der Waals surface area contributed by atoms with E-state index in [1.54, 1.807) is 12.1 Å². The largest absolute Gasteiger partial charge is 0.305 e. The number of para-hydroxylation sites is 1. The minimum Gasteiger partial charge on any atom is -0.305 e. The Balaban J connectivity index is 1.49. The van der Waals surface area contributed by atoms with Gasteiger partial charge in [-0.25, -0.2) is 4.98 Å². The molecule has 7 nitrogen and oxygen atoms in total. The van der Waals surface area contributed by atoms with Crippen LogP contribution in [0.5, 0.6) is 0 Å². The third-order valence-corrected chi connectivity index (χ3v) is 8.28. The molecule has 0 fully saturated rings. The van der Waals surface area contributed by atoms with Crippen molar-refractivity contribution in [2.24, 2.45) is 0 Å². The quantitative estimate of drug-likeness (QED) is 0.217. The lowest BCUT2D eigenvalue weighted by Gasteiger charge is -2.13. The van der Waals surface area contributed by atoms with E-state index < -0.39 is 0 Å². The lowest BCUT2D eigenvalue weighted by molar-refractivity contribution is 0.949. The summed E-state index contributed by atoms with van der Waals surface area (Å²) in [6.45, 7) is 0. The number of hydrogen-bond donors (Lipinski definition) is 0. The number of pyridine rings is 1. The molecular weight excluding hydrogens is 542 g/mol. The molecule has 9 aromatic rings. The first kappa shape index (κ1) is 24.2. The second kappa shape index (κ2) is 9.31. The van der Waals surface area contributed by atoms with Crippen LogP contribution < -0.4 is 0 Å². The second-order valence-corrected chi connectivity index (χ2v) is 10.7. The van der Waals surface area contributed by atoms with Crippen LogP contribution in [0.4, 0.5) is 0 Å². The fourth-order valence-electron chi connectivity index (χ4n) is 6.33. The first-order chi connectivity index (χ1) is 21.8. The SMILES string of the molecule is N#Cc1ccc(-c2nc(-c3ccccc3)nc(-n3c4cccc5ccc6c7ccccc7n(c7cnccc73)c6c54)n2)cc1. The lowest BCUT2D eigenvalue weighted by Crippen LogP contribution is -2.08. The van der Waals surface area contributed by atoms with Crippen LogP contribution in [0.25, 0.3) is 77.9 Å². The van der Waals surface area contributed by atoms with Gasteiger partial charge in [-0.05, 0) is 47.9 Å². The van der Waals surface area contributed by atoms with Gasteiger partial charge in [-0.2, -0.15) is 15.2 Å². The van der Waals surface area contributed by atoms with Gasteiger partial charge in [-0.1, -0.05) is 72.8 Å². The smallest absolute Gasteiger partial charge is 0.238 e. The van der Waals surface area contributed by atoms with Crippen molar-refractivity contribution in [1.82, 2.24) is 28.9 Å². The molecule has 0 aliphatic carbocycles. The molecule has 204 valence electrons. The van der Waals surface area contributed by atoms with Crippen LogP contribution in [0.2, 0.25) is 0 Å². The molecule has 0 amide bonds. The van der Waals surface area contributed by atoms with Gasteiger partial charge < -0.3 is 4.40 Å². The standard InChI is InChI=1S/C37H21N7/c38-21-23-13-15-26(16-14-23)36-40-35(25-7-2-1-3-8-25)41-37(42-36)44-30-19-20-39-22-32(30)43-29-11-5-4-10-27(29)28-18-17-24-9-6-12-31(44)33(24)34(28)43/h1-20,22H. The minimum atomic E-state index is 0.491. The number of nitrogens with zero attached hydrogens (tertiary/aromatic N) is 7. The average molecular weight is 564 g/mol. The van der Waals surface area contributed by atoms with E-state index >= 15 is 0 Å². The highest BCUT2D eigenvalue weighted by Gasteiger charge is 2.21. The normalized spacial score (nSPS) is 11.6. The number of benzene rings is 5. The summed E-state index contributed by atoms with van der Waals surface area (Å²) in [7, 11) is 0. The summed E-state index contributed by atoms with van der Waals surface area (Å²) in [5.74, 6) is 1.57. The van der Waals surface area contributed by atoms with E-state index in [9.17, 15) is 5.26 Å². The average Bonchev–Trinajstić information content (AvgIpc) is 3.36. The predicted octanol–water partition coefficient (Wildman–Crippen LogP) is 8.13. The van der Waals surface area contributed by atoms with Gasteiger partial charge in [-0.15, -0.1) is 0 Å². The lowest BCUT2D eigenvalue weighted by atomic mass is 10.0. The zero-order valence-corrected chi connectivity index (χ0v) is 23.3. The molecule has 0 saturated carbocycles. The van der Waals surface area contributed by atoms with E-state index in [-0.39, 0.29) is 0 Å². The fraction of sp³-hybridized carbons (Fsp3) is 0. The van der Waals surface area contributed by atoms with Crippen molar-refractivity contribution >= 4 is 49.1 Å². The van der Waals surface area contributed by atoms with Gasteiger partial charge in [-0.3, -0.25) is 9.55 Å². The zero-order chi connectivity index (χ0) is 29.2. The van der Waals surface area contributed by atoms with Crippen molar-refractivity contribution in [3.63, 3.8) is 0 Å². The minimum absolute atomic E-state index is 0.491. The molecule has 0 N–H and O–H groups in total. The summed E-state index contributed by atoms with van der Waals surface area (Å²) in [5.41, 5.74) is 7.31. The van der Waals surface area contributed by atoms with Gasteiger partial charge in [0.2, 0.25) is 5.95 Å². The Labute approximate surface area is 251 Å². The molecule has 4 heterocycles. The van der Waals surface area contributed by atoms with E-state index in [1.165, 1.54) is 10.8 Å². The maximum atomic E-state index is 9.38. The Bertz CT molecular complexity index is 2590. The van der Waals surface area contributed by atoms with E-state index in [0.29, 0.717) is 23.2 Å². The zero-order valence-electron chi connectivity index (χ0n) is 23.3. The first-order valence-corrected chi connectivity index (χ1v) is 14.3. The number of nitriles is 1. The van der Waals surface area contributed by atoms with Crippen LogP contribution in [0, 0.1) is 11.3 Å². The predicted molar refractivity (Wildman–Crippen MR) is 174 cm³/mol. The van der Waals surface area contributed by atoms with Crippen molar-refractivity contribution < 1.29 is 0 Å². The molecule has 0 atom stereocenters. The molecule has 9 rings (SSSR count). The molecule has 0 radical (unpaired) electrons. The van der Waals surface area contributed by atoms with Crippen LogP contribution >= 0.6 is 0 Å². The summed E-state index contributed by atoms with van der Waals surface area (Å²) < 4.78 is 4.45. The highest BCUT2D eigenvalue weighted by Crippen LogP contribution is 2.39. The molecule has 0 spiro atoms. The van der Waals surface area contributed by atoms with Gasteiger partial charge in [0, 0.05) is 33.5 Å². The van der Waals surface area contributed by atoms with Crippen molar-refractivity contribution in [1.29, 1.82) is 5.26 Å². The fourth-order valence-corrected chi connectivity index (χ4v) is 6.33. The van der Waals surface area contributed by atoms with E-state index in [2.05, 4.69) is 74.6 Å². The Morgan fingerprint density at radius 2 is 1.32 bits per heavy atom.